The topological polar surface area (TPSA) is 104 Å². The third kappa shape index (κ3) is 6.61. The van der Waals surface area contributed by atoms with Gasteiger partial charge in [0.1, 0.15) is 29.8 Å². The number of carbonyl (C=O) groups is 1. The maximum atomic E-state index is 14.2. The van der Waals surface area contributed by atoms with Crippen molar-refractivity contribution in [2.45, 2.75) is 148 Å². The summed E-state index contributed by atoms with van der Waals surface area (Å²) in [5, 5.41) is 23.6. The minimum Gasteiger partial charge on any atom is -0.462 e. The van der Waals surface area contributed by atoms with Crippen LogP contribution in [0.2, 0.25) is 0 Å². The molecule has 4 aliphatic heterocycles. The van der Waals surface area contributed by atoms with Gasteiger partial charge in [0, 0.05) is 24.8 Å². The van der Waals surface area contributed by atoms with Crippen LogP contribution in [0, 0.1) is 17.8 Å². The Morgan fingerprint density at radius 1 is 1.16 bits per heavy atom. The fraction of sp³-hybridized carbons (Fsp3) is 0.743. The first-order chi connectivity index (χ1) is 20.3. The van der Waals surface area contributed by atoms with Gasteiger partial charge in [0.25, 0.3) is 0 Å². The molecular weight excluding hydrogens is 548 g/mol. The zero-order valence-corrected chi connectivity index (χ0v) is 27.0. The molecule has 1 spiro atoms. The van der Waals surface area contributed by atoms with Gasteiger partial charge >= 0.3 is 5.97 Å². The summed E-state index contributed by atoms with van der Waals surface area (Å²) in [6, 6.07) is 0. The van der Waals surface area contributed by atoms with Gasteiger partial charge in [-0.1, -0.05) is 56.7 Å². The molecule has 0 unspecified atom stereocenters. The van der Waals surface area contributed by atoms with Gasteiger partial charge in [0.05, 0.1) is 18.3 Å². The molecule has 1 aliphatic carbocycles. The van der Waals surface area contributed by atoms with Crippen molar-refractivity contribution in [3.63, 3.8) is 0 Å². The van der Waals surface area contributed by atoms with Crippen LogP contribution in [0.3, 0.4) is 0 Å². The lowest BCUT2D eigenvalue weighted by Gasteiger charge is -2.50. The molecule has 8 nitrogen and oxygen atoms in total. The van der Waals surface area contributed by atoms with E-state index in [4.69, 9.17) is 23.7 Å². The van der Waals surface area contributed by atoms with Crippen molar-refractivity contribution in [3.05, 3.63) is 47.1 Å². The average Bonchev–Trinajstić information content (AvgIpc) is 3.21. The van der Waals surface area contributed by atoms with E-state index in [1.165, 1.54) is 5.57 Å². The molecule has 11 atom stereocenters. The van der Waals surface area contributed by atoms with Gasteiger partial charge < -0.3 is 33.9 Å². The van der Waals surface area contributed by atoms with E-state index in [1.54, 1.807) is 19.1 Å². The van der Waals surface area contributed by atoms with Crippen molar-refractivity contribution in [2.75, 3.05) is 0 Å². The highest BCUT2D eigenvalue weighted by atomic mass is 16.7. The molecule has 5 rings (SSSR count). The molecule has 0 saturated carbocycles. The Hall–Kier alpha value is -1.81. The molecule has 3 saturated heterocycles. The minimum absolute atomic E-state index is 0.0831. The zero-order chi connectivity index (χ0) is 31.1. The second-order valence-electron chi connectivity index (χ2n) is 13.9. The van der Waals surface area contributed by atoms with Crippen molar-refractivity contribution in [3.8, 4) is 0 Å². The predicted molar refractivity (Wildman–Crippen MR) is 163 cm³/mol. The molecule has 3 fully saturated rings. The second-order valence-corrected chi connectivity index (χ2v) is 13.9. The molecule has 0 amide bonds. The third-order valence-electron chi connectivity index (χ3n) is 9.93. The summed E-state index contributed by atoms with van der Waals surface area (Å²) in [7, 11) is 0. The Morgan fingerprint density at radius 3 is 2.65 bits per heavy atom. The fourth-order valence-electron chi connectivity index (χ4n) is 7.62. The maximum absolute atomic E-state index is 14.2. The monoisotopic (exact) mass is 600 g/mol. The molecule has 0 radical (unpaired) electrons. The van der Waals surface area contributed by atoms with E-state index < -0.39 is 47.9 Å². The van der Waals surface area contributed by atoms with Gasteiger partial charge in [-0.3, -0.25) is 4.79 Å². The Morgan fingerprint density at radius 2 is 1.93 bits per heavy atom. The highest BCUT2D eigenvalue weighted by Crippen LogP contribution is 2.49. The molecule has 240 valence electrons. The number of ether oxygens (including phenoxy) is 5. The summed E-state index contributed by atoms with van der Waals surface area (Å²) in [5.74, 6) is -1.77. The molecule has 2 bridgehead atoms. The van der Waals surface area contributed by atoms with Crippen LogP contribution in [0.25, 0.3) is 0 Å². The van der Waals surface area contributed by atoms with Gasteiger partial charge in [-0.25, -0.2) is 0 Å². The number of esters is 1. The molecule has 2 N–H and O–H groups in total. The Bertz CT molecular complexity index is 1150. The summed E-state index contributed by atoms with van der Waals surface area (Å²) in [6.07, 6.45) is 11.0. The number of carbonyl (C=O) groups excluding carboxylic acids is 1. The number of fused-ring (bicyclic) bond motifs is 2. The van der Waals surface area contributed by atoms with Crippen molar-refractivity contribution < 1.29 is 38.7 Å². The summed E-state index contributed by atoms with van der Waals surface area (Å²) in [6.45, 7) is 14.2. The smallest absolute Gasteiger partial charge is 0.316 e. The van der Waals surface area contributed by atoms with Crippen LogP contribution < -0.4 is 0 Å². The lowest BCUT2D eigenvalue weighted by Crippen LogP contribution is -2.58. The molecule has 0 aromatic rings. The first-order valence-electron chi connectivity index (χ1n) is 16.4. The lowest BCUT2D eigenvalue weighted by molar-refractivity contribution is -0.335. The highest BCUT2D eigenvalue weighted by Gasteiger charge is 2.63. The van der Waals surface area contributed by atoms with Crippen molar-refractivity contribution in [1.82, 2.24) is 0 Å². The summed E-state index contributed by atoms with van der Waals surface area (Å²) in [5.41, 5.74) is 0.383. The van der Waals surface area contributed by atoms with Crippen LogP contribution in [0.4, 0.5) is 0 Å². The number of rotatable bonds is 3. The standard InChI is InChI=1S/C35H52O8/c1-8-29-23(6)14-15-34(43-29)19-26-18-25(42-34)13-12-22(5)16-21(4)10-9-11-27-33(39-20(2)3)41-31-30(36)24(7)17-28(32(37)40-26)35(27,31)38/h9-12,17,20-21,23,25-26,28-31,33,36,38H,8,13-16,18-19H2,1-7H3/b10-9-,22-12-,27-11?/t21-,23-,25+,26-,28-,29+,30+,31+,33+,34+,35+/m0/s1. The van der Waals surface area contributed by atoms with Crippen molar-refractivity contribution in [1.29, 1.82) is 0 Å². The van der Waals surface area contributed by atoms with E-state index >= 15 is 0 Å². The second kappa shape index (κ2) is 12.9. The maximum Gasteiger partial charge on any atom is 0.316 e. The Balaban J connectivity index is 1.55. The predicted octanol–water partition coefficient (Wildman–Crippen LogP) is 5.68. The molecule has 4 heterocycles. The molecular formula is C35H52O8. The van der Waals surface area contributed by atoms with Crippen LogP contribution in [-0.4, -0.2) is 70.5 Å². The van der Waals surface area contributed by atoms with Gasteiger partial charge in [-0.05, 0) is 70.8 Å². The van der Waals surface area contributed by atoms with Crippen molar-refractivity contribution >= 4 is 5.97 Å². The van der Waals surface area contributed by atoms with Gasteiger partial charge in [-0.15, -0.1) is 0 Å². The fourth-order valence-corrected chi connectivity index (χ4v) is 7.62. The van der Waals surface area contributed by atoms with Crippen LogP contribution in [0.5, 0.6) is 0 Å². The Kier molecular flexibility index (Phi) is 9.77. The normalized spacial score (nSPS) is 46.0. The van der Waals surface area contributed by atoms with Crippen LogP contribution in [0.15, 0.2) is 47.1 Å². The van der Waals surface area contributed by atoms with E-state index in [1.807, 2.05) is 19.9 Å². The van der Waals surface area contributed by atoms with Gasteiger partial charge in [0.15, 0.2) is 12.1 Å². The van der Waals surface area contributed by atoms with Gasteiger partial charge in [-0.2, -0.15) is 0 Å². The lowest BCUT2D eigenvalue weighted by atomic mass is 9.70. The van der Waals surface area contributed by atoms with E-state index in [-0.39, 0.29) is 24.2 Å². The van der Waals surface area contributed by atoms with Crippen LogP contribution in [0.1, 0.15) is 93.4 Å². The third-order valence-corrected chi connectivity index (χ3v) is 9.93. The molecule has 8 heteroatoms. The van der Waals surface area contributed by atoms with E-state index in [2.05, 4.69) is 39.8 Å². The largest absolute Gasteiger partial charge is 0.462 e. The quantitative estimate of drug-likeness (QED) is 0.315. The van der Waals surface area contributed by atoms with Gasteiger partial charge in [0.2, 0.25) is 0 Å². The average molecular weight is 601 g/mol. The Labute approximate surface area is 257 Å². The number of aliphatic hydroxyl groups is 2. The number of allylic oxidation sites excluding steroid dienone is 4. The first kappa shape index (κ1) is 32.6. The van der Waals surface area contributed by atoms with Crippen molar-refractivity contribution in [2.24, 2.45) is 17.8 Å². The number of hydrogen-bond acceptors (Lipinski definition) is 8. The first-order valence-corrected chi connectivity index (χ1v) is 16.4. The molecule has 0 aromatic carbocycles. The molecule has 43 heavy (non-hydrogen) atoms. The highest BCUT2D eigenvalue weighted by molar-refractivity contribution is 5.78. The zero-order valence-electron chi connectivity index (χ0n) is 27.0. The molecule has 0 aromatic heterocycles. The molecule has 5 aliphatic rings. The minimum atomic E-state index is -1.84. The van der Waals surface area contributed by atoms with Crippen LogP contribution >= 0.6 is 0 Å². The van der Waals surface area contributed by atoms with Crippen LogP contribution in [-0.2, 0) is 28.5 Å². The van der Waals surface area contributed by atoms with E-state index in [0.29, 0.717) is 36.3 Å². The summed E-state index contributed by atoms with van der Waals surface area (Å²) in [4.78, 5) is 14.2. The summed E-state index contributed by atoms with van der Waals surface area (Å²) >= 11 is 0. The number of aliphatic hydroxyl groups excluding tert-OH is 1. The SMILES string of the molecule is CC[C@H]1O[C@]2(CC[C@@H]1C)C[C@@H]1C[C@@H](C/C=C(/C)C[C@@H](C)/C=C\C=C3[C@H](OC(C)C)O[C@@H]4[C@H](O)C(C)=C[C@@H](C(=O)O1)[C@]34O)O2. The van der Waals surface area contributed by atoms with E-state index in [9.17, 15) is 15.0 Å². The van der Waals surface area contributed by atoms with E-state index in [0.717, 1.165) is 25.7 Å². The number of hydrogen-bond donors (Lipinski definition) is 2. The summed E-state index contributed by atoms with van der Waals surface area (Å²) < 4.78 is 32.0.